The van der Waals surface area contributed by atoms with Crippen molar-refractivity contribution in [3.8, 4) is 0 Å². The molecule has 0 atom stereocenters. The normalized spacial score (nSPS) is 16.5. The summed E-state index contributed by atoms with van der Waals surface area (Å²) in [5.74, 6) is 0.909. The molecule has 1 aliphatic heterocycles. The number of hydrogen-bond donors (Lipinski definition) is 0. The minimum Gasteiger partial charge on any atom is -0.449 e. The summed E-state index contributed by atoms with van der Waals surface area (Å²) in [6, 6.07) is 6.27. The van der Waals surface area contributed by atoms with Gasteiger partial charge in [-0.15, -0.1) is 11.3 Å². The zero-order chi connectivity index (χ0) is 17.9. The van der Waals surface area contributed by atoms with Crippen molar-refractivity contribution >= 4 is 45.9 Å². The van der Waals surface area contributed by atoms with E-state index in [1.54, 1.807) is 34.4 Å². The SMILES string of the molecule is C[N+](C)=C1C=CC(=C2C=C(Sc3ccsc3)OC(c3cccs3)=C2)C=C1. The third-order valence-electron chi connectivity index (χ3n) is 3.97. The van der Waals surface area contributed by atoms with Crippen molar-refractivity contribution in [3.05, 3.63) is 91.9 Å². The molecule has 2 nitrogen and oxygen atoms in total. The fourth-order valence-corrected chi connectivity index (χ4v) is 4.94. The van der Waals surface area contributed by atoms with E-state index >= 15 is 0 Å². The average Bonchev–Trinajstić information content (AvgIpc) is 3.35. The topological polar surface area (TPSA) is 12.2 Å². The highest BCUT2D eigenvalue weighted by atomic mass is 32.2. The molecular formula is C21H18NOS3+. The van der Waals surface area contributed by atoms with Crippen LogP contribution in [0.2, 0.25) is 0 Å². The molecule has 0 aromatic carbocycles. The highest BCUT2D eigenvalue weighted by molar-refractivity contribution is 8.03. The summed E-state index contributed by atoms with van der Waals surface area (Å²) in [6.07, 6.45) is 12.9. The van der Waals surface area contributed by atoms with E-state index < -0.39 is 0 Å². The monoisotopic (exact) mass is 396 g/mol. The van der Waals surface area contributed by atoms with E-state index in [4.69, 9.17) is 4.74 Å². The van der Waals surface area contributed by atoms with E-state index in [2.05, 4.69) is 89.5 Å². The van der Waals surface area contributed by atoms with Gasteiger partial charge in [-0.25, -0.2) is 4.58 Å². The van der Waals surface area contributed by atoms with Crippen molar-refractivity contribution in [1.82, 2.24) is 0 Å². The molecule has 2 aliphatic rings. The number of thiophene rings is 2. The van der Waals surface area contributed by atoms with Crippen LogP contribution in [0.1, 0.15) is 4.88 Å². The lowest BCUT2D eigenvalue weighted by Crippen LogP contribution is -2.10. The van der Waals surface area contributed by atoms with Crippen molar-refractivity contribution < 1.29 is 9.31 Å². The summed E-state index contributed by atoms with van der Waals surface area (Å²) >= 11 is 5.06. The molecule has 0 N–H and O–H groups in total. The second-order valence-corrected chi connectivity index (χ2v) is 8.81. The van der Waals surface area contributed by atoms with Crippen LogP contribution in [0.25, 0.3) is 5.76 Å². The minimum absolute atomic E-state index is 0.904. The van der Waals surface area contributed by atoms with Crippen LogP contribution in [0.5, 0.6) is 0 Å². The number of allylic oxidation sites excluding steroid dienone is 8. The van der Waals surface area contributed by atoms with Gasteiger partial charge in [0.05, 0.1) is 4.88 Å². The van der Waals surface area contributed by atoms with Crippen LogP contribution in [0, 0.1) is 0 Å². The summed E-state index contributed by atoms with van der Waals surface area (Å²) in [5.41, 5.74) is 3.56. The molecule has 26 heavy (non-hydrogen) atoms. The maximum atomic E-state index is 6.19. The lowest BCUT2D eigenvalue weighted by atomic mass is 10.0. The summed E-state index contributed by atoms with van der Waals surface area (Å²) in [5, 5.41) is 7.21. The first-order chi connectivity index (χ1) is 12.7. The van der Waals surface area contributed by atoms with E-state index in [1.165, 1.54) is 21.8 Å². The molecule has 3 heterocycles. The first kappa shape index (κ1) is 17.3. The predicted molar refractivity (Wildman–Crippen MR) is 114 cm³/mol. The van der Waals surface area contributed by atoms with E-state index in [1.807, 2.05) is 0 Å². The first-order valence-corrected chi connectivity index (χ1v) is 10.8. The van der Waals surface area contributed by atoms with Crippen molar-refractivity contribution in [3.63, 3.8) is 0 Å². The van der Waals surface area contributed by atoms with E-state index in [9.17, 15) is 0 Å². The molecular weight excluding hydrogens is 378 g/mol. The Labute approximate surface area is 165 Å². The largest absolute Gasteiger partial charge is 0.449 e. The standard InChI is InChI=1S/C21H18NOS3/c1-22(2)17-7-5-15(6-8-17)16-12-19(20-4-3-10-25-20)23-21(13-16)26-18-9-11-24-14-18/h3-14H,1-2H3/q+1. The Kier molecular flexibility index (Phi) is 5.11. The van der Waals surface area contributed by atoms with Crippen LogP contribution in [-0.2, 0) is 4.74 Å². The Hall–Kier alpha value is -2.08. The van der Waals surface area contributed by atoms with Crippen LogP contribution >= 0.6 is 34.4 Å². The maximum Gasteiger partial charge on any atom is 0.199 e. The fourth-order valence-electron chi connectivity index (χ4n) is 2.61. The van der Waals surface area contributed by atoms with E-state index in [0.29, 0.717) is 0 Å². The van der Waals surface area contributed by atoms with Crippen LogP contribution < -0.4 is 0 Å². The molecule has 0 amide bonds. The van der Waals surface area contributed by atoms with Gasteiger partial charge in [-0.1, -0.05) is 17.8 Å². The summed E-state index contributed by atoms with van der Waals surface area (Å²) in [4.78, 5) is 2.35. The average molecular weight is 397 g/mol. The molecule has 0 unspecified atom stereocenters. The zero-order valence-electron chi connectivity index (χ0n) is 14.5. The Bertz CT molecular complexity index is 962. The van der Waals surface area contributed by atoms with Gasteiger partial charge in [0.15, 0.2) is 10.8 Å². The fraction of sp³-hybridized carbons (Fsp3) is 0.0952. The van der Waals surface area contributed by atoms with Gasteiger partial charge in [0.2, 0.25) is 0 Å². The third-order valence-corrected chi connectivity index (χ3v) is 6.57. The number of thioether (sulfide) groups is 1. The van der Waals surface area contributed by atoms with Crippen molar-refractivity contribution in [1.29, 1.82) is 0 Å². The molecule has 2 aromatic heterocycles. The smallest absolute Gasteiger partial charge is 0.199 e. The quantitative estimate of drug-likeness (QED) is 0.594. The minimum atomic E-state index is 0.904. The number of rotatable bonds is 3. The third kappa shape index (κ3) is 3.85. The molecule has 0 fully saturated rings. The van der Waals surface area contributed by atoms with Crippen LogP contribution in [-0.4, -0.2) is 24.4 Å². The highest BCUT2D eigenvalue weighted by Gasteiger charge is 2.18. The second kappa shape index (κ2) is 7.66. The summed E-state index contributed by atoms with van der Waals surface area (Å²) in [7, 11) is 4.11. The van der Waals surface area contributed by atoms with Crippen LogP contribution in [0.4, 0.5) is 0 Å². The van der Waals surface area contributed by atoms with Crippen LogP contribution in [0.3, 0.4) is 0 Å². The van der Waals surface area contributed by atoms with E-state index in [0.717, 1.165) is 15.7 Å². The van der Waals surface area contributed by atoms with E-state index in [-0.39, 0.29) is 0 Å². The molecule has 2 aromatic rings. The van der Waals surface area contributed by atoms with Crippen molar-refractivity contribution in [2.24, 2.45) is 0 Å². The van der Waals surface area contributed by atoms with Gasteiger partial charge in [-0.3, -0.25) is 0 Å². The molecule has 4 rings (SSSR count). The number of nitrogens with zero attached hydrogens (tertiary/aromatic N) is 1. The number of hydrogen-bond acceptors (Lipinski definition) is 4. The number of ether oxygens (including phenoxy) is 1. The Morgan fingerprint density at radius 1 is 0.962 bits per heavy atom. The van der Waals surface area contributed by atoms with Gasteiger partial charge in [0.1, 0.15) is 19.9 Å². The molecule has 0 saturated carbocycles. The van der Waals surface area contributed by atoms with Gasteiger partial charge < -0.3 is 4.74 Å². The molecule has 130 valence electrons. The van der Waals surface area contributed by atoms with Crippen molar-refractivity contribution in [2.45, 2.75) is 4.90 Å². The molecule has 0 radical (unpaired) electrons. The molecule has 1 aliphatic carbocycles. The molecule has 5 heteroatoms. The molecule has 0 spiro atoms. The summed E-state index contributed by atoms with van der Waals surface area (Å²) < 4.78 is 8.30. The predicted octanol–water partition coefficient (Wildman–Crippen LogP) is 5.95. The lowest BCUT2D eigenvalue weighted by Gasteiger charge is -2.18. The van der Waals surface area contributed by atoms with Gasteiger partial charge in [0, 0.05) is 22.4 Å². The first-order valence-electron chi connectivity index (χ1n) is 8.19. The van der Waals surface area contributed by atoms with Gasteiger partial charge in [-0.2, -0.15) is 11.3 Å². The Morgan fingerprint density at radius 2 is 1.81 bits per heavy atom. The van der Waals surface area contributed by atoms with Gasteiger partial charge in [0.25, 0.3) is 0 Å². The molecule has 0 bridgehead atoms. The highest BCUT2D eigenvalue weighted by Crippen LogP contribution is 2.39. The Balaban J connectivity index is 1.72. The lowest BCUT2D eigenvalue weighted by molar-refractivity contribution is -0.462. The zero-order valence-corrected chi connectivity index (χ0v) is 17.0. The van der Waals surface area contributed by atoms with Gasteiger partial charge in [-0.05, 0) is 58.3 Å². The summed E-state index contributed by atoms with van der Waals surface area (Å²) in [6.45, 7) is 0. The Morgan fingerprint density at radius 3 is 2.46 bits per heavy atom. The molecule has 0 saturated heterocycles. The maximum absolute atomic E-state index is 6.19. The van der Waals surface area contributed by atoms with Crippen LogP contribution in [0.15, 0.2) is 91.9 Å². The van der Waals surface area contributed by atoms with Gasteiger partial charge >= 0.3 is 0 Å². The second-order valence-electron chi connectivity index (χ2n) is 6.01. The van der Waals surface area contributed by atoms with Crippen molar-refractivity contribution in [2.75, 3.05) is 14.1 Å².